The third kappa shape index (κ3) is 4.55. The van der Waals surface area contributed by atoms with Gasteiger partial charge in [-0.1, -0.05) is 85.8 Å². The van der Waals surface area contributed by atoms with Crippen LogP contribution < -0.4 is 0 Å². The van der Waals surface area contributed by atoms with E-state index in [1.807, 2.05) is 13.0 Å². The van der Waals surface area contributed by atoms with Gasteiger partial charge in [-0.3, -0.25) is 0 Å². The van der Waals surface area contributed by atoms with Crippen molar-refractivity contribution < 1.29 is 0 Å². The van der Waals surface area contributed by atoms with Gasteiger partial charge in [0.1, 0.15) is 0 Å². The summed E-state index contributed by atoms with van der Waals surface area (Å²) in [6.07, 6.45) is 9.35. The standard InChI is InChI=1S/C19H20.CH4/c1-3-4-5-6-7-17-10-14-19(15-11-17)18-12-8-16(2)9-13-18;/h3-6,8-15H,7H2,1-2H3;1H4/b4-3-,6-5-;. The van der Waals surface area contributed by atoms with Crippen molar-refractivity contribution in [2.75, 3.05) is 0 Å². The van der Waals surface area contributed by atoms with E-state index in [0.29, 0.717) is 0 Å². The van der Waals surface area contributed by atoms with E-state index >= 15 is 0 Å². The molecule has 104 valence electrons. The van der Waals surface area contributed by atoms with Crippen molar-refractivity contribution in [2.24, 2.45) is 0 Å². The van der Waals surface area contributed by atoms with E-state index in [4.69, 9.17) is 0 Å². The summed E-state index contributed by atoms with van der Waals surface area (Å²) in [6.45, 7) is 4.14. The van der Waals surface area contributed by atoms with E-state index in [1.165, 1.54) is 22.3 Å². The Morgan fingerprint density at radius 1 is 0.800 bits per heavy atom. The quantitative estimate of drug-likeness (QED) is 0.596. The summed E-state index contributed by atoms with van der Waals surface area (Å²) in [6, 6.07) is 17.5. The maximum Gasteiger partial charge on any atom is -0.00943 e. The van der Waals surface area contributed by atoms with E-state index in [1.54, 1.807) is 0 Å². The Bertz CT molecular complexity index is 554. The number of aryl methyl sites for hydroxylation is 1. The summed E-state index contributed by atoms with van der Waals surface area (Å²) in [4.78, 5) is 0. The Labute approximate surface area is 123 Å². The van der Waals surface area contributed by atoms with Crippen molar-refractivity contribution in [1.82, 2.24) is 0 Å². The fourth-order valence-corrected chi connectivity index (χ4v) is 1.97. The van der Waals surface area contributed by atoms with Gasteiger partial charge in [-0.05, 0) is 37.0 Å². The molecule has 0 saturated heterocycles. The van der Waals surface area contributed by atoms with Gasteiger partial charge in [0.2, 0.25) is 0 Å². The van der Waals surface area contributed by atoms with Crippen LogP contribution in [0.3, 0.4) is 0 Å². The number of hydrogen-bond donors (Lipinski definition) is 0. The molecule has 0 atom stereocenters. The lowest BCUT2D eigenvalue weighted by molar-refractivity contribution is 1.27. The largest absolute Gasteiger partial charge is 0.0877 e. The maximum absolute atomic E-state index is 2.20. The van der Waals surface area contributed by atoms with Gasteiger partial charge in [0, 0.05) is 0 Å². The number of rotatable bonds is 4. The van der Waals surface area contributed by atoms with E-state index in [2.05, 4.69) is 73.7 Å². The predicted molar refractivity (Wildman–Crippen MR) is 91.0 cm³/mol. The fraction of sp³-hybridized carbons (Fsp3) is 0.200. The van der Waals surface area contributed by atoms with Crippen LogP contribution in [0, 0.1) is 6.92 Å². The third-order valence-corrected chi connectivity index (χ3v) is 3.13. The lowest BCUT2D eigenvalue weighted by Crippen LogP contribution is -1.82. The Hall–Kier alpha value is -2.08. The summed E-state index contributed by atoms with van der Waals surface area (Å²) in [7, 11) is 0. The highest BCUT2D eigenvalue weighted by molar-refractivity contribution is 5.63. The van der Waals surface area contributed by atoms with Gasteiger partial charge in [0.25, 0.3) is 0 Å². The summed E-state index contributed by atoms with van der Waals surface area (Å²) in [5.41, 5.74) is 5.20. The highest BCUT2D eigenvalue weighted by Crippen LogP contribution is 2.20. The van der Waals surface area contributed by atoms with Crippen LogP contribution in [0.5, 0.6) is 0 Å². The van der Waals surface area contributed by atoms with E-state index in [9.17, 15) is 0 Å². The molecule has 0 aliphatic heterocycles. The molecule has 2 rings (SSSR count). The van der Waals surface area contributed by atoms with Crippen molar-refractivity contribution in [3.05, 3.63) is 84.0 Å². The Balaban J connectivity index is 0.00000200. The average molecular weight is 264 g/mol. The summed E-state index contributed by atoms with van der Waals surface area (Å²) >= 11 is 0. The van der Waals surface area contributed by atoms with Crippen LogP contribution in [0.15, 0.2) is 72.8 Å². The molecule has 0 fully saturated rings. The maximum atomic E-state index is 2.20. The molecular formula is C20H24. The molecule has 0 aromatic heterocycles. The molecule has 0 aliphatic carbocycles. The van der Waals surface area contributed by atoms with Crippen LogP contribution in [0.4, 0.5) is 0 Å². The van der Waals surface area contributed by atoms with Gasteiger partial charge in [0.05, 0.1) is 0 Å². The molecule has 0 amide bonds. The first-order valence-electron chi connectivity index (χ1n) is 6.73. The zero-order chi connectivity index (χ0) is 13.5. The van der Waals surface area contributed by atoms with Crippen molar-refractivity contribution in [2.45, 2.75) is 27.7 Å². The minimum Gasteiger partial charge on any atom is -0.0877 e. The second-order valence-electron chi connectivity index (χ2n) is 4.72. The van der Waals surface area contributed by atoms with Crippen LogP contribution in [-0.2, 0) is 6.42 Å². The Morgan fingerprint density at radius 2 is 1.35 bits per heavy atom. The van der Waals surface area contributed by atoms with Crippen molar-refractivity contribution in [3.8, 4) is 11.1 Å². The predicted octanol–water partition coefficient (Wildman–Crippen LogP) is 5.97. The molecule has 2 aromatic carbocycles. The zero-order valence-corrected chi connectivity index (χ0v) is 11.6. The topological polar surface area (TPSA) is 0 Å². The first kappa shape index (κ1) is 16.0. The molecule has 0 aliphatic rings. The second kappa shape index (κ2) is 8.16. The normalized spacial score (nSPS) is 10.9. The van der Waals surface area contributed by atoms with Gasteiger partial charge in [-0.25, -0.2) is 0 Å². The fourth-order valence-electron chi connectivity index (χ4n) is 1.97. The zero-order valence-electron chi connectivity index (χ0n) is 11.6. The highest BCUT2D eigenvalue weighted by atomic mass is 14.0. The number of allylic oxidation sites excluding steroid dienone is 4. The number of benzene rings is 2. The lowest BCUT2D eigenvalue weighted by Gasteiger charge is -2.03. The van der Waals surface area contributed by atoms with Gasteiger partial charge < -0.3 is 0 Å². The monoisotopic (exact) mass is 264 g/mol. The van der Waals surface area contributed by atoms with Crippen molar-refractivity contribution in [3.63, 3.8) is 0 Å². The van der Waals surface area contributed by atoms with Gasteiger partial charge in [-0.15, -0.1) is 0 Å². The first-order valence-corrected chi connectivity index (χ1v) is 6.73. The van der Waals surface area contributed by atoms with E-state index < -0.39 is 0 Å². The minimum absolute atomic E-state index is 0. The van der Waals surface area contributed by atoms with Crippen LogP contribution in [0.2, 0.25) is 0 Å². The third-order valence-electron chi connectivity index (χ3n) is 3.13. The van der Waals surface area contributed by atoms with Gasteiger partial charge >= 0.3 is 0 Å². The molecule has 0 heteroatoms. The second-order valence-corrected chi connectivity index (χ2v) is 4.72. The molecule has 2 aromatic rings. The highest BCUT2D eigenvalue weighted by Gasteiger charge is 1.97. The molecule has 0 nitrogen and oxygen atoms in total. The molecule has 0 N–H and O–H groups in total. The Morgan fingerprint density at radius 3 is 1.90 bits per heavy atom. The van der Waals surface area contributed by atoms with Gasteiger partial charge in [0.15, 0.2) is 0 Å². The van der Waals surface area contributed by atoms with Gasteiger partial charge in [-0.2, -0.15) is 0 Å². The van der Waals surface area contributed by atoms with E-state index in [-0.39, 0.29) is 7.43 Å². The van der Waals surface area contributed by atoms with Crippen LogP contribution in [0.25, 0.3) is 11.1 Å². The van der Waals surface area contributed by atoms with Crippen molar-refractivity contribution in [1.29, 1.82) is 0 Å². The lowest BCUT2D eigenvalue weighted by atomic mass is 10.0. The van der Waals surface area contributed by atoms with Crippen LogP contribution in [-0.4, -0.2) is 0 Å². The molecule has 0 spiro atoms. The van der Waals surface area contributed by atoms with Crippen LogP contribution >= 0.6 is 0 Å². The molecule has 0 heterocycles. The van der Waals surface area contributed by atoms with Crippen molar-refractivity contribution >= 4 is 0 Å². The molecule has 0 saturated carbocycles. The molecule has 0 bridgehead atoms. The Kier molecular flexibility index (Phi) is 6.52. The number of hydrogen-bond acceptors (Lipinski definition) is 0. The summed E-state index contributed by atoms with van der Waals surface area (Å²) < 4.78 is 0. The SMILES string of the molecule is C.C/C=C\C=C/Cc1ccc(-c2ccc(C)cc2)cc1. The first-order chi connectivity index (χ1) is 9.29. The average Bonchev–Trinajstić information content (AvgIpc) is 2.45. The van der Waals surface area contributed by atoms with E-state index in [0.717, 1.165) is 6.42 Å². The molecule has 20 heavy (non-hydrogen) atoms. The van der Waals surface area contributed by atoms with Crippen LogP contribution in [0.1, 0.15) is 25.5 Å². The summed E-state index contributed by atoms with van der Waals surface area (Å²) in [5.74, 6) is 0. The smallest absolute Gasteiger partial charge is 0.00943 e. The summed E-state index contributed by atoms with van der Waals surface area (Å²) in [5, 5.41) is 0. The molecule has 0 radical (unpaired) electrons. The minimum atomic E-state index is 0. The molecule has 0 unspecified atom stereocenters. The molecular weight excluding hydrogens is 240 g/mol.